The second-order valence-electron chi connectivity index (χ2n) is 6.51. The number of carboxylic acids is 1. The van der Waals surface area contributed by atoms with Gasteiger partial charge in [0.2, 0.25) is 0 Å². The number of nitrogens with one attached hydrogen (secondary N) is 1. The van der Waals surface area contributed by atoms with Crippen LogP contribution < -0.4 is 11.1 Å². The highest BCUT2D eigenvalue weighted by Gasteiger charge is 2.47. The number of anilines is 1. The summed E-state index contributed by atoms with van der Waals surface area (Å²) in [6, 6.07) is 0. The summed E-state index contributed by atoms with van der Waals surface area (Å²) in [5.74, 6) is -1.26. The topological polar surface area (TPSA) is 186 Å². The van der Waals surface area contributed by atoms with E-state index < -0.39 is 36.4 Å². The molecule has 0 unspecified atom stereocenters. The number of imidazole rings is 1. The van der Waals surface area contributed by atoms with Gasteiger partial charge in [-0.15, -0.1) is 0 Å². The zero-order valence-corrected chi connectivity index (χ0v) is 14.9. The Bertz CT molecular complexity index is 857. The minimum Gasteiger partial charge on any atom is -0.481 e. The van der Waals surface area contributed by atoms with Crippen LogP contribution in [0.1, 0.15) is 31.9 Å². The number of nitrogen functional groups attached to an aromatic ring is 1. The molecule has 3 rings (SSSR count). The van der Waals surface area contributed by atoms with Gasteiger partial charge in [-0.1, -0.05) is 6.42 Å². The number of aromatic nitrogens is 4. The lowest BCUT2D eigenvalue weighted by Gasteiger charge is -2.16. The van der Waals surface area contributed by atoms with Crippen molar-refractivity contribution in [3.63, 3.8) is 0 Å². The molecule has 4 atom stereocenters. The number of carbonyl (C=O) groups excluding carboxylic acids is 1. The highest BCUT2D eigenvalue weighted by molar-refractivity contribution is 5.82. The van der Waals surface area contributed by atoms with Crippen LogP contribution >= 0.6 is 0 Å². The van der Waals surface area contributed by atoms with Crippen molar-refractivity contribution in [2.45, 2.75) is 50.2 Å². The monoisotopic (exact) mass is 394 g/mol. The van der Waals surface area contributed by atoms with Crippen LogP contribution in [-0.4, -0.2) is 71.6 Å². The number of unbranched alkanes of at least 4 members (excludes halogenated alkanes) is 2. The molecule has 12 nitrogen and oxygen atoms in total. The maximum absolute atomic E-state index is 12.3. The van der Waals surface area contributed by atoms with Gasteiger partial charge in [0.05, 0.1) is 6.33 Å². The molecule has 1 aliphatic heterocycles. The quantitative estimate of drug-likeness (QED) is 0.340. The highest BCUT2D eigenvalue weighted by atomic mass is 16.6. The summed E-state index contributed by atoms with van der Waals surface area (Å²) >= 11 is 0. The average Bonchev–Trinajstić information content (AvgIpc) is 3.20. The van der Waals surface area contributed by atoms with Gasteiger partial charge in [-0.05, 0) is 12.8 Å². The third-order valence-corrected chi connectivity index (χ3v) is 4.52. The zero-order valence-electron chi connectivity index (χ0n) is 14.9. The summed E-state index contributed by atoms with van der Waals surface area (Å²) < 4.78 is 6.97. The van der Waals surface area contributed by atoms with E-state index in [-0.39, 0.29) is 12.2 Å². The van der Waals surface area contributed by atoms with Crippen molar-refractivity contribution in [1.82, 2.24) is 24.8 Å². The maximum Gasteiger partial charge on any atom is 0.303 e. The van der Waals surface area contributed by atoms with Gasteiger partial charge in [-0.2, -0.15) is 0 Å². The Labute approximate surface area is 159 Å². The first kappa shape index (κ1) is 19.9. The number of ether oxygens (including phenoxy) is 1. The molecule has 152 valence electrons. The van der Waals surface area contributed by atoms with E-state index in [9.17, 15) is 19.8 Å². The molecule has 0 radical (unpaired) electrons. The van der Waals surface area contributed by atoms with E-state index in [4.69, 9.17) is 15.6 Å². The number of rotatable bonds is 8. The number of carboxylic acid groups (broad SMARTS) is 1. The Morgan fingerprint density at radius 2 is 1.96 bits per heavy atom. The lowest BCUT2D eigenvalue weighted by molar-refractivity contribution is -0.138. The molecule has 1 amide bonds. The number of nitrogens with two attached hydrogens (primary N) is 1. The number of hydrogen-bond acceptors (Lipinski definition) is 9. The van der Waals surface area contributed by atoms with Gasteiger partial charge in [0, 0.05) is 13.0 Å². The molecule has 12 heteroatoms. The number of aliphatic carboxylic acids is 1. The Balaban J connectivity index is 1.60. The molecule has 3 heterocycles. The van der Waals surface area contributed by atoms with Crippen LogP contribution in [0.5, 0.6) is 0 Å². The Hall–Kier alpha value is -2.83. The number of amides is 1. The van der Waals surface area contributed by atoms with E-state index in [1.54, 1.807) is 0 Å². The minimum atomic E-state index is -1.44. The fourth-order valence-electron chi connectivity index (χ4n) is 3.05. The molecule has 1 fully saturated rings. The standard InChI is InChI=1S/C16H22N6O6/c17-13-9-14(20-6-19-13)22(7-21-9)16-11(26)10(25)12(28-16)15(27)18-5-3-1-2-4-8(23)24/h6-7,10-12,16,25-26H,1-5H2,(H,18,27)(H,23,24)(H2,17,19,20)/t10-,11+,12-,16+/m0/s1. The van der Waals surface area contributed by atoms with Gasteiger partial charge in [0.1, 0.15) is 24.1 Å². The van der Waals surface area contributed by atoms with Gasteiger partial charge in [0.15, 0.2) is 23.8 Å². The Morgan fingerprint density at radius 1 is 1.18 bits per heavy atom. The van der Waals surface area contributed by atoms with Crippen LogP contribution in [0.25, 0.3) is 11.2 Å². The van der Waals surface area contributed by atoms with Gasteiger partial charge < -0.3 is 31.1 Å². The van der Waals surface area contributed by atoms with Crippen molar-refractivity contribution in [3.05, 3.63) is 12.7 Å². The van der Waals surface area contributed by atoms with Crippen LogP contribution in [0.15, 0.2) is 12.7 Å². The fourth-order valence-corrected chi connectivity index (χ4v) is 3.05. The van der Waals surface area contributed by atoms with E-state index in [0.29, 0.717) is 37.0 Å². The van der Waals surface area contributed by atoms with Crippen molar-refractivity contribution < 1.29 is 29.6 Å². The maximum atomic E-state index is 12.3. The van der Waals surface area contributed by atoms with Crippen molar-refractivity contribution in [2.24, 2.45) is 0 Å². The number of fused-ring (bicyclic) bond motifs is 1. The lowest BCUT2D eigenvalue weighted by atomic mass is 10.1. The first-order valence-electron chi connectivity index (χ1n) is 8.84. The van der Waals surface area contributed by atoms with E-state index >= 15 is 0 Å². The first-order chi connectivity index (χ1) is 13.4. The first-order valence-corrected chi connectivity index (χ1v) is 8.84. The summed E-state index contributed by atoms with van der Waals surface area (Å²) in [7, 11) is 0. The van der Waals surface area contributed by atoms with Crippen LogP contribution in [0.3, 0.4) is 0 Å². The largest absolute Gasteiger partial charge is 0.481 e. The number of hydrogen-bond donors (Lipinski definition) is 5. The van der Waals surface area contributed by atoms with Crippen molar-refractivity contribution in [3.8, 4) is 0 Å². The van der Waals surface area contributed by atoms with Gasteiger partial charge in [-0.25, -0.2) is 15.0 Å². The van der Waals surface area contributed by atoms with Crippen molar-refractivity contribution in [1.29, 1.82) is 0 Å². The van der Waals surface area contributed by atoms with Crippen molar-refractivity contribution in [2.75, 3.05) is 12.3 Å². The summed E-state index contributed by atoms with van der Waals surface area (Å²) in [4.78, 5) is 34.7. The molecule has 0 aliphatic carbocycles. The molecular weight excluding hydrogens is 372 g/mol. The zero-order chi connectivity index (χ0) is 20.3. The van der Waals surface area contributed by atoms with Crippen molar-refractivity contribution >= 4 is 28.9 Å². The Morgan fingerprint density at radius 3 is 2.71 bits per heavy atom. The molecule has 1 aliphatic rings. The van der Waals surface area contributed by atoms with Crippen LogP contribution in [0, 0.1) is 0 Å². The molecule has 28 heavy (non-hydrogen) atoms. The minimum absolute atomic E-state index is 0.0825. The normalized spacial score (nSPS) is 24.5. The van der Waals surface area contributed by atoms with E-state index in [2.05, 4.69) is 20.3 Å². The predicted octanol–water partition coefficient (Wildman–Crippen LogP) is -1.21. The smallest absolute Gasteiger partial charge is 0.303 e. The van der Waals surface area contributed by atoms with Crippen LogP contribution in [0.4, 0.5) is 5.82 Å². The molecule has 2 aromatic heterocycles. The molecule has 2 aromatic rings. The van der Waals surface area contributed by atoms with Gasteiger partial charge >= 0.3 is 5.97 Å². The lowest BCUT2D eigenvalue weighted by Crippen LogP contribution is -2.43. The number of aliphatic hydroxyl groups is 2. The number of nitrogens with zero attached hydrogens (tertiary/aromatic N) is 4. The second-order valence-corrected chi connectivity index (χ2v) is 6.51. The molecule has 0 saturated carbocycles. The second kappa shape index (κ2) is 8.46. The van der Waals surface area contributed by atoms with Crippen LogP contribution in [-0.2, 0) is 14.3 Å². The molecule has 0 aromatic carbocycles. The van der Waals surface area contributed by atoms with E-state index in [1.165, 1.54) is 17.2 Å². The predicted molar refractivity (Wildman–Crippen MR) is 94.8 cm³/mol. The van der Waals surface area contributed by atoms with E-state index in [0.717, 1.165) is 0 Å². The summed E-state index contributed by atoms with van der Waals surface area (Å²) in [6.45, 7) is 0.309. The molecule has 6 N–H and O–H groups in total. The Kier molecular flexibility index (Phi) is 6.02. The van der Waals surface area contributed by atoms with Gasteiger partial charge in [-0.3, -0.25) is 14.2 Å². The number of carbonyl (C=O) groups is 2. The molecule has 0 spiro atoms. The molecular formula is C16H22N6O6. The molecule has 1 saturated heterocycles. The van der Waals surface area contributed by atoms with Gasteiger partial charge in [0.25, 0.3) is 5.91 Å². The average molecular weight is 394 g/mol. The molecule has 0 bridgehead atoms. The highest BCUT2D eigenvalue weighted by Crippen LogP contribution is 2.32. The summed E-state index contributed by atoms with van der Waals surface area (Å²) in [5.41, 5.74) is 6.37. The summed E-state index contributed by atoms with van der Waals surface area (Å²) in [6.07, 6.45) is -0.720. The van der Waals surface area contributed by atoms with E-state index in [1.807, 2.05) is 0 Å². The SMILES string of the molecule is Nc1ncnc2c1ncn2[C@@H]1O[C@H](C(=O)NCCCCCC(=O)O)[C@@H](O)[C@H]1O. The fraction of sp³-hybridized carbons (Fsp3) is 0.562. The third-order valence-electron chi connectivity index (χ3n) is 4.52. The summed E-state index contributed by atoms with van der Waals surface area (Å²) in [5, 5.41) is 31.8. The third kappa shape index (κ3) is 4.03. The number of aliphatic hydroxyl groups excluding tert-OH is 2. The van der Waals surface area contributed by atoms with Crippen LogP contribution in [0.2, 0.25) is 0 Å².